The van der Waals surface area contributed by atoms with Gasteiger partial charge in [-0.3, -0.25) is 33.7 Å². The van der Waals surface area contributed by atoms with Crippen molar-refractivity contribution in [2.75, 3.05) is 67.6 Å². The zero-order valence-corrected chi connectivity index (χ0v) is 49.9. The van der Waals surface area contributed by atoms with Gasteiger partial charge in [-0.15, -0.1) is 0 Å². The summed E-state index contributed by atoms with van der Waals surface area (Å²) in [6, 6.07) is 8.71. The number of carboxylic acid groups (broad SMARTS) is 1. The maximum Gasteiger partial charge on any atom is 0.490 e. The molecule has 26 nitrogen and oxygen atoms in total. The molecule has 6 aliphatic heterocycles. The number of nitrogens with zero attached hydrogens (tertiary/aromatic N) is 5. The van der Waals surface area contributed by atoms with Gasteiger partial charge in [0.25, 0.3) is 0 Å². The Morgan fingerprint density at radius 1 is 0.616 bits per heavy atom. The van der Waals surface area contributed by atoms with Crippen molar-refractivity contribution in [2.24, 2.45) is 0 Å². The van der Waals surface area contributed by atoms with Crippen molar-refractivity contribution < 1.29 is 80.4 Å². The number of ether oxygens (including phenoxy) is 3. The molecule has 0 saturated carbocycles. The number of amides is 11. The first-order valence-corrected chi connectivity index (χ1v) is 28.7. The second kappa shape index (κ2) is 29.3. The fourth-order valence-corrected chi connectivity index (χ4v) is 11.1. The second-order valence-electron chi connectivity index (χ2n) is 22.7. The largest absolute Gasteiger partial charge is 0.493 e. The predicted molar refractivity (Wildman–Crippen MR) is 303 cm³/mol. The van der Waals surface area contributed by atoms with Gasteiger partial charge >= 0.3 is 30.3 Å². The lowest BCUT2D eigenvalue weighted by molar-refractivity contribution is -0.192. The van der Waals surface area contributed by atoms with E-state index in [0.717, 1.165) is 27.5 Å². The van der Waals surface area contributed by atoms with Gasteiger partial charge in [-0.2, -0.15) is 13.2 Å². The molecule has 6 heterocycles. The molecular weight excluding hydrogens is 1130 g/mol. The van der Waals surface area contributed by atoms with Crippen molar-refractivity contribution in [2.45, 2.75) is 158 Å². The van der Waals surface area contributed by atoms with E-state index in [9.17, 15) is 56.3 Å². The van der Waals surface area contributed by atoms with Gasteiger partial charge in [-0.05, 0) is 92.3 Å². The van der Waals surface area contributed by atoms with Crippen LogP contribution in [0.5, 0.6) is 11.5 Å². The van der Waals surface area contributed by atoms with Crippen molar-refractivity contribution in [3.63, 3.8) is 0 Å². The Hall–Kier alpha value is -8.11. The fraction of sp³-hybridized carbons (Fsp3) is 0.614. The van der Waals surface area contributed by atoms with E-state index >= 15 is 0 Å². The normalized spacial score (nSPS) is 24.1. The van der Waals surface area contributed by atoms with Crippen molar-refractivity contribution in [1.82, 2.24) is 61.7 Å². The zero-order chi connectivity index (χ0) is 63.4. The molecule has 4 fully saturated rings. The lowest BCUT2D eigenvalue weighted by Crippen LogP contribution is -2.63. The first-order valence-electron chi connectivity index (χ1n) is 28.7. The van der Waals surface area contributed by atoms with E-state index in [1.807, 2.05) is 48.5 Å². The maximum atomic E-state index is 14.1. The van der Waals surface area contributed by atoms with Crippen LogP contribution in [-0.2, 0) is 38.3 Å². The van der Waals surface area contributed by atoms with Gasteiger partial charge in [0, 0.05) is 70.3 Å². The van der Waals surface area contributed by atoms with Crippen LogP contribution < -0.4 is 46.7 Å². The van der Waals surface area contributed by atoms with E-state index in [4.69, 9.17) is 24.1 Å². The summed E-state index contributed by atoms with van der Waals surface area (Å²) in [4.78, 5) is 135. The summed E-state index contributed by atoms with van der Waals surface area (Å²) in [7, 11) is 6.15. The standard InChI is InChI=1S/C30H44N6O7.C25H36N6O5.C2HF3O2/c1-18(34(6)29(41)43-30(2,3)4)25(37)33-22-17-35(28(40)31-5)15-13-19-11-12-23(36(19)27(22)39)26(38)32-21-14-16-42-24-10-8-7-9-20(21)24;1-15(26-2)22(32)29-19-14-30(25(35)27-3)12-10-16-8-9-20(31(16)24(19)34)23(33)28-18-11-13-36-21-7-5-4-6-17(18)21;3-2(4,5)1(6)7/h7-10,18-19,21-23H,11-17H2,1-6H3,(H,31,40)(H,32,38)(H,33,37);4-7,15-16,18-20,26H,8-14H2,1-3H3,(H,27,35)(H,28,33)(H,29,32);(H,6,7)/t18-,19+,21+,22-,23-;15-,16+,18+,19-,20-;/m00./s1. The first kappa shape index (κ1) is 67.0. The lowest BCUT2D eigenvalue weighted by atomic mass is 10.00. The summed E-state index contributed by atoms with van der Waals surface area (Å²) in [5.41, 5.74) is 1.07. The number of benzene rings is 2. The molecule has 6 aliphatic rings. The molecule has 0 spiro atoms. The molecule has 10 atom stereocenters. The highest BCUT2D eigenvalue weighted by Crippen LogP contribution is 2.36. The third-order valence-electron chi connectivity index (χ3n) is 15.9. The van der Waals surface area contributed by atoms with Gasteiger partial charge in [-0.25, -0.2) is 19.2 Å². The van der Waals surface area contributed by atoms with Crippen LogP contribution in [0.15, 0.2) is 48.5 Å². The number of hydrogen-bond donors (Lipinski definition) is 8. The number of fused-ring (bicyclic) bond motifs is 4. The van der Waals surface area contributed by atoms with Gasteiger partial charge in [0.2, 0.25) is 35.4 Å². The molecule has 0 bridgehead atoms. The smallest absolute Gasteiger partial charge is 0.490 e. The average Bonchev–Trinajstić information content (AvgIpc) is 1.76. The van der Waals surface area contributed by atoms with E-state index in [0.29, 0.717) is 77.7 Å². The second-order valence-corrected chi connectivity index (χ2v) is 22.7. The molecule has 4 saturated heterocycles. The summed E-state index contributed by atoms with van der Waals surface area (Å²) in [6.45, 7) is 10.1. The quantitative estimate of drug-likeness (QED) is 0.170. The topological polar surface area (TPSA) is 319 Å². The van der Waals surface area contributed by atoms with Crippen molar-refractivity contribution >= 4 is 59.6 Å². The highest BCUT2D eigenvalue weighted by Gasteiger charge is 2.48. The molecule has 0 aliphatic carbocycles. The molecule has 0 unspecified atom stereocenters. The number of aliphatic carboxylic acids is 1. The zero-order valence-electron chi connectivity index (χ0n) is 49.9. The van der Waals surface area contributed by atoms with Crippen LogP contribution in [0, 0.1) is 0 Å². The summed E-state index contributed by atoms with van der Waals surface area (Å²) in [5, 5.41) is 27.0. The third kappa shape index (κ3) is 16.9. The Bertz CT molecular complexity index is 2810. The number of alkyl halides is 3. The van der Waals surface area contributed by atoms with E-state index in [1.54, 1.807) is 49.4 Å². The minimum absolute atomic E-state index is 0.0333. The number of halogens is 3. The molecular formula is C57H81F3N12O14. The van der Waals surface area contributed by atoms with Gasteiger partial charge in [0.1, 0.15) is 47.3 Å². The predicted octanol–water partition coefficient (Wildman–Crippen LogP) is 2.53. The van der Waals surface area contributed by atoms with Gasteiger partial charge < -0.3 is 76.1 Å². The molecule has 86 heavy (non-hydrogen) atoms. The van der Waals surface area contributed by atoms with Crippen LogP contribution in [0.3, 0.4) is 0 Å². The average molecular weight is 1220 g/mol. The minimum atomic E-state index is -5.08. The van der Waals surface area contributed by atoms with E-state index in [1.165, 1.54) is 33.0 Å². The lowest BCUT2D eigenvalue weighted by Gasteiger charge is -2.39. The monoisotopic (exact) mass is 1210 g/mol. The minimum Gasteiger partial charge on any atom is -0.493 e. The van der Waals surface area contributed by atoms with Crippen molar-refractivity contribution in [1.29, 1.82) is 0 Å². The number of carboxylic acids is 1. The van der Waals surface area contributed by atoms with E-state index < -0.39 is 71.9 Å². The number of hydrogen-bond acceptors (Lipinski definition) is 14. The third-order valence-corrected chi connectivity index (χ3v) is 15.9. The van der Waals surface area contributed by atoms with Gasteiger partial charge in [-0.1, -0.05) is 36.4 Å². The van der Waals surface area contributed by atoms with Gasteiger partial charge in [0.15, 0.2) is 0 Å². The Balaban J connectivity index is 0.000000250. The molecule has 2 aromatic carbocycles. The van der Waals surface area contributed by atoms with Crippen molar-refractivity contribution in [3.8, 4) is 11.5 Å². The Morgan fingerprint density at radius 2 is 1.02 bits per heavy atom. The Labute approximate surface area is 497 Å². The summed E-state index contributed by atoms with van der Waals surface area (Å²) < 4.78 is 48.6. The molecule has 8 N–H and O–H groups in total. The molecule has 2 aromatic rings. The summed E-state index contributed by atoms with van der Waals surface area (Å²) in [6.07, 6.45) is -1.20. The number of carbonyl (C=O) groups is 10. The Kier molecular flexibility index (Phi) is 22.9. The van der Waals surface area contributed by atoms with Crippen LogP contribution in [-0.4, -0.2) is 217 Å². The number of likely N-dealkylation sites (N-methyl/N-ethyl adjacent to an activating group) is 2. The van der Waals surface area contributed by atoms with Crippen molar-refractivity contribution in [3.05, 3.63) is 59.7 Å². The number of para-hydroxylation sites is 2. The Morgan fingerprint density at radius 3 is 1.41 bits per heavy atom. The van der Waals surface area contributed by atoms with Crippen LogP contribution in [0.1, 0.15) is 109 Å². The molecule has 8 rings (SSSR count). The number of carbonyl (C=O) groups excluding carboxylic acids is 9. The summed E-state index contributed by atoms with van der Waals surface area (Å²) >= 11 is 0. The number of nitrogens with one attached hydrogen (secondary N) is 7. The van der Waals surface area contributed by atoms with E-state index in [2.05, 4.69) is 37.2 Å². The highest BCUT2D eigenvalue weighted by molar-refractivity contribution is 5.96. The molecule has 0 radical (unpaired) electrons. The maximum absolute atomic E-state index is 14.1. The number of urea groups is 2. The highest BCUT2D eigenvalue weighted by atomic mass is 19.4. The molecule has 11 amide bonds. The van der Waals surface area contributed by atoms with Crippen LogP contribution >= 0.6 is 0 Å². The van der Waals surface area contributed by atoms with Crippen LogP contribution in [0.25, 0.3) is 0 Å². The van der Waals surface area contributed by atoms with Crippen LogP contribution in [0.2, 0.25) is 0 Å². The first-order chi connectivity index (χ1) is 40.6. The fourth-order valence-electron chi connectivity index (χ4n) is 11.1. The number of rotatable bonds is 10. The summed E-state index contributed by atoms with van der Waals surface area (Å²) in [5.74, 6) is -3.44. The van der Waals surface area contributed by atoms with E-state index in [-0.39, 0.29) is 72.9 Å². The molecule has 474 valence electrons. The van der Waals surface area contributed by atoms with Crippen LogP contribution in [0.4, 0.5) is 27.6 Å². The molecule has 0 aromatic heterocycles. The van der Waals surface area contributed by atoms with Gasteiger partial charge in [0.05, 0.1) is 44.4 Å². The SMILES string of the molecule is CNC(=O)N1CC[C@H]2CC[C@@H](C(=O)N[C@@H]3CCOc4ccccc43)N2C(=O)[C@@H](NC(=O)[C@H](C)N(C)C(=O)OC(C)(C)C)C1.CNC(=O)N1CC[C@H]2CC[C@@H](C(=O)N[C@@H]3CCOc4ccccc43)N2C(=O)[C@@H](NC(=O)[C@H](C)NC)C1.O=C(O)C(F)(F)F. The molecule has 29 heteroatoms.